The minimum absolute atomic E-state index is 0. The molecule has 2 N–H and O–H groups in total. The second-order valence-electron chi connectivity index (χ2n) is 5.43. The van der Waals surface area contributed by atoms with Gasteiger partial charge in [-0.05, 0) is 39.3 Å². The molecule has 0 bridgehead atoms. The molecule has 9 nitrogen and oxygen atoms in total. The van der Waals surface area contributed by atoms with E-state index in [0.717, 1.165) is 6.08 Å². The molecule has 0 saturated heterocycles. The van der Waals surface area contributed by atoms with Gasteiger partial charge in [0.05, 0.1) is 21.8 Å². The minimum Gasteiger partial charge on any atom is -0.748 e. The third kappa shape index (κ3) is 33.5. The van der Waals surface area contributed by atoms with E-state index in [4.69, 9.17) is 5.11 Å². The third-order valence-electron chi connectivity index (χ3n) is 1.90. The van der Waals surface area contributed by atoms with Crippen LogP contribution >= 0.6 is 0 Å². The summed E-state index contributed by atoms with van der Waals surface area (Å²) in [6.07, 6.45) is 1.01. The van der Waals surface area contributed by atoms with Gasteiger partial charge in [-0.2, -0.15) is 0 Å². The standard InChI is InChI=1S/C7H13NO4S.2C4H6O2.2Na/c1-4-6(9)8-7(2,3)5-13(10,11)12;2*1-3(2)4(5)6;;/h4H,1,5H2,2-3H3,(H,8,9)(H,10,11,12);2*1H2,2H3,(H,5,6);;/q;;;2*+1/p-2. The molecule has 0 radical (unpaired) electrons. The molecule has 0 fully saturated rings. The van der Waals surface area contributed by atoms with E-state index in [1.165, 1.54) is 27.7 Å². The monoisotopic (exact) mass is 423 g/mol. The van der Waals surface area contributed by atoms with Gasteiger partial charge in [0, 0.05) is 11.1 Å². The van der Waals surface area contributed by atoms with Crippen molar-refractivity contribution in [1.29, 1.82) is 0 Å². The van der Waals surface area contributed by atoms with Crippen LogP contribution in [-0.4, -0.2) is 47.2 Å². The van der Waals surface area contributed by atoms with Gasteiger partial charge in [-0.15, -0.1) is 0 Å². The molecule has 0 heterocycles. The second kappa shape index (κ2) is 17.6. The predicted molar refractivity (Wildman–Crippen MR) is 89.3 cm³/mol. The Kier molecular flexibility index (Phi) is 24.4. The fraction of sp³-hybridized carbons (Fsp3) is 0.400. The summed E-state index contributed by atoms with van der Waals surface area (Å²) < 4.78 is 31.2. The smallest absolute Gasteiger partial charge is 0.748 e. The second-order valence-corrected chi connectivity index (χ2v) is 6.84. The van der Waals surface area contributed by atoms with E-state index in [1.807, 2.05) is 0 Å². The van der Waals surface area contributed by atoms with Gasteiger partial charge in [0.15, 0.2) is 0 Å². The number of nitrogens with one attached hydrogen (secondary N) is 1. The molecule has 0 atom stereocenters. The summed E-state index contributed by atoms with van der Waals surface area (Å²) in [7, 11) is -4.33. The molecular formula is C15H23NNa2O8S. The number of carbonyl (C=O) groups is 3. The molecule has 0 spiro atoms. The normalized spacial score (nSPS) is 9.22. The molecule has 0 aliphatic rings. The van der Waals surface area contributed by atoms with E-state index in [0.29, 0.717) is 0 Å². The summed E-state index contributed by atoms with van der Waals surface area (Å²) >= 11 is 0. The molecule has 0 aromatic carbocycles. The number of carboxylic acid groups (broad SMARTS) is 2. The van der Waals surface area contributed by atoms with Crippen LogP contribution in [-0.2, 0) is 24.5 Å². The van der Waals surface area contributed by atoms with Gasteiger partial charge in [-0.3, -0.25) is 4.79 Å². The number of hydrogen-bond donors (Lipinski definition) is 2. The Morgan fingerprint density at radius 2 is 1.41 bits per heavy atom. The summed E-state index contributed by atoms with van der Waals surface area (Å²) in [4.78, 5) is 29.9. The van der Waals surface area contributed by atoms with Gasteiger partial charge in [-0.25, -0.2) is 13.2 Å². The molecule has 144 valence electrons. The molecule has 0 saturated carbocycles. The fourth-order valence-corrected chi connectivity index (χ4v) is 1.82. The first-order valence-electron chi connectivity index (χ1n) is 6.59. The van der Waals surface area contributed by atoms with Crippen LogP contribution in [0.5, 0.6) is 0 Å². The van der Waals surface area contributed by atoms with Gasteiger partial charge < -0.3 is 24.9 Å². The van der Waals surface area contributed by atoms with Crippen LogP contribution in [0.1, 0.15) is 27.7 Å². The minimum atomic E-state index is -4.33. The zero-order valence-electron chi connectivity index (χ0n) is 16.6. The first-order valence-corrected chi connectivity index (χ1v) is 8.16. The van der Waals surface area contributed by atoms with Crippen molar-refractivity contribution in [2.45, 2.75) is 33.2 Å². The van der Waals surface area contributed by atoms with Gasteiger partial charge in [0.2, 0.25) is 5.91 Å². The van der Waals surface area contributed by atoms with Crippen LogP contribution in [0.3, 0.4) is 0 Å². The SMILES string of the molecule is C=C(C)C(=O)O.C=C(C)C(=O)[O-].C=CC(=O)NC(C)(C)CS(=O)(=O)[O-].[Na+].[Na+]. The van der Waals surface area contributed by atoms with Crippen molar-refractivity contribution in [1.82, 2.24) is 5.32 Å². The van der Waals surface area contributed by atoms with Crippen LogP contribution in [0, 0.1) is 0 Å². The van der Waals surface area contributed by atoms with Gasteiger partial charge in [-0.1, -0.05) is 19.7 Å². The van der Waals surface area contributed by atoms with Crippen molar-refractivity contribution in [3.63, 3.8) is 0 Å². The topological polar surface area (TPSA) is 164 Å². The van der Waals surface area contributed by atoms with Crippen molar-refractivity contribution < 1.29 is 96.7 Å². The largest absolute Gasteiger partial charge is 1.00 e. The molecule has 0 aliphatic heterocycles. The van der Waals surface area contributed by atoms with E-state index in [9.17, 15) is 32.5 Å². The zero-order valence-corrected chi connectivity index (χ0v) is 21.4. The predicted octanol–water partition coefficient (Wildman–Crippen LogP) is -6.42. The van der Waals surface area contributed by atoms with Gasteiger partial charge in [0.1, 0.15) is 0 Å². The number of carboxylic acids is 2. The fourth-order valence-electron chi connectivity index (χ4n) is 0.863. The maximum atomic E-state index is 10.8. The Bertz CT molecular complexity index is 594. The Hall–Kier alpha value is -0.460. The summed E-state index contributed by atoms with van der Waals surface area (Å²) in [5.74, 6) is -3.27. The van der Waals surface area contributed by atoms with Gasteiger partial charge >= 0.3 is 65.1 Å². The average Bonchev–Trinajstić information content (AvgIpc) is 2.36. The quantitative estimate of drug-likeness (QED) is 0.242. The molecule has 0 aromatic heterocycles. The van der Waals surface area contributed by atoms with E-state index < -0.39 is 39.3 Å². The molecule has 0 unspecified atom stereocenters. The van der Waals surface area contributed by atoms with Crippen molar-refractivity contribution >= 4 is 28.0 Å². The Morgan fingerprint density at radius 3 is 1.56 bits per heavy atom. The Labute approximate surface area is 204 Å². The van der Waals surface area contributed by atoms with Crippen LogP contribution in [0.25, 0.3) is 0 Å². The number of amides is 1. The number of aliphatic carboxylic acids is 2. The molecule has 0 aliphatic carbocycles. The molecule has 27 heavy (non-hydrogen) atoms. The van der Waals surface area contributed by atoms with E-state index >= 15 is 0 Å². The first-order chi connectivity index (χ1) is 10.9. The molecular weight excluding hydrogens is 400 g/mol. The van der Waals surface area contributed by atoms with Crippen LogP contribution in [0.2, 0.25) is 0 Å². The number of carbonyl (C=O) groups excluding carboxylic acids is 2. The maximum Gasteiger partial charge on any atom is 1.00 e. The van der Waals surface area contributed by atoms with Crippen molar-refractivity contribution in [2.75, 3.05) is 5.75 Å². The molecule has 0 rings (SSSR count). The number of rotatable bonds is 6. The number of hydrogen-bond acceptors (Lipinski definition) is 7. The third-order valence-corrected chi connectivity index (χ3v) is 2.97. The van der Waals surface area contributed by atoms with Crippen molar-refractivity contribution in [2.24, 2.45) is 0 Å². The Morgan fingerprint density at radius 1 is 1.11 bits per heavy atom. The average molecular weight is 423 g/mol. The van der Waals surface area contributed by atoms with E-state index in [1.54, 1.807) is 0 Å². The molecule has 0 aromatic rings. The van der Waals surface area contributed by atoms with Crippen molar-refractivity contribution in [3.8, 4) is 0 Å². The van der Waals surface area contributed by atoms with Crippen LogP contribution in [0.4, 0.5) is 0 Å². The van der Waals surface area contributed by atoms with Crippen molar-refractivity contribution in [3.05, 3.63) is 37.0 Å². The van der Waals surface area contributed by atoms with E-state index in [2.05, 4.69) is 25.1 Å². The zero-order chi connectivity index (χ0) is 21.0. The van der Waals surface area contributed by atoms with E-state index in [-0.39, 0.29) is 70.3 Å². The molecule has 12 heteroatoms. The van der Waals surface area contributed by atoms with Crippen LogP contribution < -0.4 is 69.5 Å². The summed E-state index contributed by atoms with van der Waals surface area (Å²) in [6.45, 7) is 15.2. The molecule has 1 amide bonds. The van der Waals surface area contributed by atoms with Crippen LogP contribution in [0.15, 0.2) is 37.0 Å². The summed E-state index contributed by atoms with van der Waals surface area (Å²) in [6, 6.07) is 0. The Balaban J connectivity index is -0.0000000978. The first kappa shape index (κ1) is 37.3. The summed E-state index contributed by atoms with van der Waals surface area (Å²) in [5.41, 5.74) is -0.823. The maximum absolute atomic E-state index is 10.8. The van der Waals surface area contributed by atoms with Gasteiger partial charge in [0.25, 0.3) is 0 Å². The summed E-state index contributed by atoms with van der Waals surface area (Å²) in [5, 5.41) is 19.7.